The molecule has 5 heteroatoms. The van der Waals surface area contributed by atoms with E-state index in [1.165, 1.54) is 12.1 Å². The molecule has 2 rings (SSSR count). The van der Waals surface area contributed by atoms with Crippen LogP contribution in [0.15, 0.2) is 53.4 Å². The zero-order chi connectivity index (χ0) is 15.3. The van der Waals surface area contributed by atoms with E-state index in [0.717, 1.165) is 5.56 Å². The Balaban J connectivity index is 2.23. The zero-order valence-electron chi connectivity index (χ0n) is 11.5. The van der Waals surface area contributed by atoms with E-state index in [-0.39, 0.29) is 11.5 Å². The van der Waals surface area contributed by atoms with E-state index >= 15 is 0 Å². The molecule has 2 aromatic rings. The van der Waals surface area contributed by atoms with Crippen LogP contribution < -0.4 is 4.72 Å². The summed E-state index contributed by atoms with van der Waals surface area (Å²) < 4.78 is 27.0. The Hall–Kier alpha value is -2.29. The van der Waals surface area contributed by atoms with Gasteiger partial charge in [0.15, 0.2) is 0 Å². The molecule has 2 N–H and O–H groups in total. The number of hydrogen-bond donors (Lipinski definition) is 2. The molecule has 21 heavy (non-hydrogen) atoms. The Kier molecular flexibility index (Phi) is 4.63. The fourth-order valence-corrected chi connectivity index (χ4v) is 2.83. The maximum absolute atomic E-state index is 12.3. The number of aryl methyl sites for hydroxylation is 1. The molecule has 0 aliphatic carbocycles. The molecule has 0 saturated carbocycles. The van der Waals surface area contributed by atoms with Gasteiger partial charge in [-0.2, -0.15) is 0 Å². The topological polar surface area (TPSA) is 66.4 Å². The van der Waals surface area contributed by atoms with Crippen molar-refractivity contribution in [3.63, 3.8) is 0 Å². The average Bonchev–Trinajstić information content (AvgIpc) is 2.45. The second-order valence-corrected chi connectivity index (χ2v) is 6.14. The molecule has 108 valence electrons. The highest BCUT2D eigenvalue weighted by Crippen LogP contribution is 2.17. The van der Waals surface area contributed by atoms with Gasteiger partial charge in [0.25, 0.3) is 10.0 Å². The minimum absolute atomic E-state index is 0.165. The number of nitrogens with one attached hydrogen (secondary N) is 1. The van der Waals surface area contributed by atoms with Gasteiger partial charge < -0.3 is 5.11 Å². The summed E-state index contributed by atoms with van der Waals surface area (Å²) >= 11 is 0. The minimum Gasteiger partial charge on any atom is -0.384 e. The largest absolute Gasteiger partial charge is 0.384 e. The monoisotopic (exact) mass is 301 g/mol. The van der Waals surface area contributed by atoms with Crippen LogP contribution in [-0.4, -0.2) is 20.1 Å². The van der Waals surface area contributed by atoms with E-state index in [0.29, 0.717) is 11.3 Å². The molecule has 0 aliphatic heterocycles. The first-order chi connectivity index (χ1) is 10.0. The summed E-state index contributed by atoms with van der Waals surface area (Å²) in [4.78, 5) is 0.165. The van der Waals surface area contributed by atoms with E-state index in [2.05, 4.69) is 16.6 Å². The van der Waals surface area contributed by atoms with Gasteiger partial charge in [0.1, 0.15) is 6.61 Å². The molecule has 0 aromatic heterocycles. The summed E-state index contributed by atoms with van der Waals surface area (Å²) in [5.74, 6) is 5.22. The maximum atomic E-state index is 12.3. The van der Waals surface area contributed by atoms with E-state index in [1.807, 2.05) is 13.0 Å². The van der Waals surface area contributed by atoms with Crippen LogP contribution in [0.2, 0.25) is 0 Å². The van der Waals surface area contributed by atoms with E-state index in [1.54, 1.807) is 30.3 Å². The van der Waals surface area contributed by atoms with Crippen molar-refractivity contribution in [3.8, 4) is 11.8 Å². The number of anilines is 1. The van der Waals surface area contributed by atoms with Gasteiger partial charge in [-0.3, -0.25) is 4.72 Å². The Labute approximate surface area is 124 Å². The number of benzene rings is 2. The van der Waals surface area contributed by atoms with Crippen LogP contribution in [0.4, 0.5) is 5.69 Å². The van der Waals surface area contributed by atoms with Crippen molar-refractivity contribution in [1.29, 1.82) is 0 Å². The van der Waals surface area contributed by atoms with Crippen molar-refractivity contribution < 1.29 is 13.5 Å². The maximum Gasteiger partial charge on any atom is 0.261 e. The fourth-order valence-electron chi connectivity index (χ4n) is 1.78. The molecule has 0 amide bonds. The molecule has 2 aromatic carbocycles. The van der Waals surface area contributed by atoms with Crippen LogP contribution in [0.1, 0.15) is 11.1 Å². The first-order valence-corrected chi connectivity index (χ1v) is 7.79. The highest BCUT2D eigenvalue weighted by molar-refractivity contribution is 7.92. The third kappa shape index (κ3) is 4.09. The summed E-state index contributed by atoms with van der Waals surface area (Å²) in [6.07, 6.45) is 0. The van der Waals surface area contributed by atoms with Gasteiger partial charge in [-0.15, -0.1) is 0 Å². The van der Waals surface area contributed by atoms with Crippen LogP contribution in [0, 0.1) is 18.8 Å². The minimum atomic E-state index is -3.61. The Morgan fingerprint density at radius 2 is 1.86 bits per heavy atom. The summed E-state index contributed by atoms with van der Waals surface area (Å²) in [5, 5.41) is 8.62. The molecule has 0 bridgehead atoms. The molecule has 0 spiro atoms. The van der Waals surface area contributed by atoms with Crippen molar-refractivity contribution in [2.75, 3.05) is 11.3 Å². The molecule has 0 heterocycles. The molecule has 0 radical (unpaired) electrons. The lowest BCUT2D eigenvalue weighted by Crippen LogP contribution is -2.12. The van der Waals surface area contributed by atoms with Gasteiger partial charge in [-0.25, -0.2) is 8.42 Å². The van der Waals surface area contributed by atoms with Gasteiger partial charge in [0.2, 0.25) is 0 Å². The van der Waals surface area contributed by atoms with Gasteiger partial charge >= 0.3 is 0 Å². The Morgan fingerprint density at radius 3 is 2.48 bits per heavy atom. The first kappa shape index (κ1) is 15.1. The quantitative estimate of drug-likeness (QED) is 0.854. The molecule has 0 unspecified atom stereocenters. The summed E-state index contributed by atoms with van der Waals surface area (Å²) in [6.45, 7) is 1.67. The smallest absolute Gasteiger partial charge is 0.261 e. The van der Waals surface area contributed by atoms with Gasteiger partial charge in [-0.05, 0) is 48.9 Å². The molecule has 0 fully saturated rings. The lowest BCUT2D eigenvalue weighted by atomic mass is 10.2. The fraction of sp³-hybridized carbons (Fsp3) is 0.125. The van der Waals surface area contributed by atoms with Crippen LogP contribution in [0.25, 0.3) is 0 Å². The second kappa shape index (κ2) is 6.44. The SMILES string of the molecule is Cc1cccc(NS(=O)(=O)c2ccc(C#CCO)cc2)c1. The first-order valence-electron chi connectivity index (χ1n) is 6.30. The summed E-state index contributed by atoms with van der Waals surface area (Å²) in [6, 6.07) is 13.3. The number of hydrogen-bond acceptors (Lipinski definition) is 3. The number of sulfonamides is 1. The van der Waals surface area contributed by atoms with Crippen LogP contribution in [0.3, 0.4) is 0 Å². The lowest BCUT2D eigenvalue weighted by molar-refractivity contribution is 0.350. The molecule has 4 nitrogen and oxygen atoms in total. The molecular weight excluding hydrogens is 286 g/mol. The van der Waals surface area contributed by atoms with Crippen LogP contribution in [0.5, 0.6) is 0 Å². The molecule has 0 atom stereocenters. The van der Waals surface area contributed by atoms with Crippen molar-refractivity contribution in [2.45, 2.75) is 11.8 Å². The van der Waals surface area contributed by atoms with Gasteiger partial charge in [0.05, 0.1) is 4.90 Å². The predicted octanol–water partition coefficient (Wildman–Crippen LogP) is 2.14. The van der Waals surface area contributed by atoms with Crippen molar-refractivity contribution >= 4 is 15.7 Å². The summed E-state index contributed by atoms with van der Waals surface area (Å²) in [5.41, 5.74) is 2.16. The lowest BCUT2D eigenvalue weighted by Gasteiger charge is -2.08. The average molecular weight is 301 g/mol. The highest BCUT2D eigenvalue weighted by atomic mass is 32.2. The predicted molar refractivity (Wildman–Crippen MR) is 82.4 cm³/mol. The van der Waals surface area contributed by atoms with E-state index in [4.69, 9.17) is 5.11 Å². The second-order valence-electron chi connectivity index (χ2n) is 4.46. The third-order valence-electron chi connectivity index (χ3n) is 2.75. The van der Waals surface area contributed by atoms with Crippen molar-refractivity contribution in [2.24, 2.45) is 0 Å². The normalized spacial score (nSPS) is 10.6. The van der Waals surface area contributed by atoms with Crippen LogP contribution >= 0.6 is 0 Å². The van der Waals surface area contributed by atoms with E-state index < -0.39 is 10.0 Å². The van der Waals surface area contributed by atoms with Gasteiger partial charge in [-0.1, -0.05) is 24.0 Å². The number of aliphatic hydroxyl groups is 1. The number of rotatable bonds is 3. The van der Waals surface area contributed by atoms with E-state index in [9.17, 15) is 8.42 Å². The van der Waals surface area contributed by atoms with Crippen LogP contribution in [-0.2, 0) is 10.0 Å². The number of aliphatic hydroxyl groups excluding tert-OH is 1. The third-order valence-corrected chi connectivity index (χ3v) is 4.14. The highest BCUT2D eigenvalue weighted by Gasteiger charge is 2.13. The van der Waals surface area contributed by atoms with Crippen molar-refractivity contribution in [3.05, 3.63) is 59.7 Å². The standard InChI is InChI=1S/C16H15NO3S/c1-13-4-2-6-15(12-13)17-21(19,20)16-9-7-14(8-10-16)5-3-11-18/h2,4,6-10,12,17-18H,11H2,1H3. The Bertz CT molecular complexity index is 784. The van der Waals surface area contributed by atoms with Gasteiger partial charge in [0, 0.05) is 11.3 Å². The molecule has 0 aliphatic rings. The summed E-state index contributed by atoms with van der Waals surface area (Å²) in [7, 11) is -3.61. The zero-order valence-corrected chi connectivity index (χ0v) is 12.3. The molecular formula is C16H15NO3S. The molecule has 0 saturated heterocycles. The van der Waals surface area contributed by atoms with Crippen molar-refractivity contribution in [1.82, 2.24) is 0 Å². The Morgan fingerprint density at radius 1 is 1.14 bits per heavy atom.